The van der Waals surface area contributed by atoms with Gasteiger partial charge < -0.3 is 5.32 Å². The lowest BCUT2D eigenvalue weighted by Gasteiger charge is -2.06. The van der Waals surface area contributed by atoms with Crippen molar-refractivity contribution in [2.75, 3.05) is 11.2 Å². The minimum atomic E-state index is -1.34. The van der Waals surface area contributed by atoms with E-state index >= 15 is 0 Å². The van der Waals surface area contributed by atoms with Gasteiger partial charge in [-0.15, -0.1) is 11.6 Å². The zero-order valence-corrected chi connectivity index (χ0v) is 8.95. The molecule has 0 aliphatic carbocycles. The quantitative estimate of drug-likeness (QED) is 0.647. The Bertz CT molecular complexity index is 398. The molecule has 6 heteroatoms. The molecule has 1 rings (SSSR count). The molecule has 1 aromatic carbocycles. The summed E-state index contributed by atoms with van der Waals surface area (Å²) in [5, 5.41) is 2.07. The zero-order valence-electron chi connectivity index (χ0n) is 8.20. The number of hydrogen-bond donors (Lipinski definition) is 1. The average molecular weight is 252 g/mol. The molecule has 88 valence electrons. The van der Waals surface area contributed by atoms with Crippen molar-refractivity contribution in [3.05, 3.63) is 29.6 Å². The van der Waals surface area contributed by atoms with Crippen molar-refractivity contribution < 1.29 is 18.0 Å². The van der Waals surface area contributed by atoms with Gasteiger partial charge in [0.05, 0.1) is 5.69 Å². The van der Waals surface area contributed by atoms with E-state index in [1.165, 1.54) is 0 Å². The van der Waals surface area contributed by atoms with E-state index < -0.39 is 29.0 Å². The van der Waals surface area contributed by atoms with Gasteiger partial charge in [-0.3, -0.25) is 4.79 Å². The summed E-state index contributed by atoms with van der Waals surface area (Å²) in [6, 6.07) is 1.13. The lowest BCUT2D eigenvalue weighted by molar-refractivity contribution is -0.116. The Morgan fingerprint density at radius 1 is 1.31 bits per heavy atom. The van der Waals surface area contributed by atoms with Crippen LogP contribution in [0.25, 0.3) is 0 Å². The maximum atomic E-state index is 13.1. The second-order valence-electron chi connectivity index (χ2n) is 3.09. The molecule has 1 amide bonds. The van der Waals surface area contributed by atoms with Crippen LogP contribution in [0.1, 0.15) is 12.8 Å². The molecule has 0 unspecified atom stereocenters. The van der Waals surface area contributed by atoms with Gasteiger partial charge in [-0.05, 0) is 6.42 Å². The fourth-order valence-electron chi connectivity index (χ4n) is 1.09. The summed E-state index contributed by atoms with van der Waals surface area (Å²) in [5.41, 5.74) is -0.503. The molecule has 1 N–H and O–H groups in total. The molecule has 0 bridgehead atoms. The number of amides is 1. The summed E-state index contributed by atoms with van der Waals surface area (Å²) >= 11 is 5.36. The predicted molar refractivity (Wildman–Crippen MR) is 54.9 cm³/mol. The van der Waals surface area contributed by atoms with E-state index in [2.05, 4.69) is 5.32 Å². The van der Waals surface area contributed by atoms with Crippen molar-refractivity contribution in [1.82, 2.24) is 0 Å². The van der Waals surface area contributed by atoms with Crippen LogP contribution in [0.5, 0.6) is 0 Å². The first-order chi connectivity index (χ1) is 7.54. The second-order valence-corrected chi connectivity index (χ2v) is 3.47. The number of rotatable bonds is 4. The topological polar surface area (TPSA) is 29.1 Å². The van der Waals surface area contributed by atoms with E-state index in [0.717, 1.165) is 6.07 Å². The van der Waals surface area contributed by atoms with Crippen molar-refractivity contribution in [2.24, 2.45) is 0 Å². The summed E-state index contributed by atoms with van der Waals surface area (Å²) in [5.74, 6) is -3.82. The highest BCUT2D eigenvalue weighted by atomic mass is 35.5. The minimum Gasteiger partial charge on any atom is -0.323 e. The average Bonchev–Trinajstić information content (AvgIpc) is 2.22. The lowest BCUT2D eigenvalue weighted by Crippen LogP contribution is -2.13. The summed E-state index contributed by atoms with van der Waals surface area (Å²) < 4.78 is 38.6. The molecule has 0 radical (unpaired) electrons. The van der Waals surface area contributed by atoms with Gasteiger partial charge in [-0.25, -0.2) is 13.2 Å². The van der Waals surface area contributed by atoms with Crippen molar-refractivity contribution in [3.63, 3.8) is 0 Å². The zero-order chi connectivity index (χ0) is 12.1. The first kappa shape index (κ1) is 12.8. The number of nitrogens with one attached hydrogen (secondary N) is 1. The Hall–Kier alpha value is -1.23. The number of carbonyl (C=O) groups excluding carboxylic acids is 1. The highest BCUT2D eigenvalue weighted by Gasteiger charge is 2.13. The van der Waals surface area contributed by atoms with Gasteiger partial charge in [-0.1, -0.05) is 0 Å². The number of benzene rings is 1. The molecule has 16 heavy (non-hydrogen) atoms. The van der Waals surface area contributed by atoms with Crippen LogP contribution in [-0.2, 0) is 4.79 Å². The van der Waals surface area contributed by atoms with Gasteiger partial charge in [0.25, 0.3) is 0 Å². The number of alkyl halides is 1. The molecule has 0 saturated carbocycles. The maximum Gasteiger partial charge on any atom is 0.224 e. The normalized spacial score (nSPS) is 10.2. The van der Waals surface area contributed by atoms with Gasteiger partial charge in [0.15, 0.2) is 11.6 Å². The van der Waals surface area contributed by atoms with Gasteiger partial charge in [-0.2, -0.15) is 0 Å². The van der Waals surface area contributed by atoms with Crippen LogP contribution >= 0.6 is 11.6 Å². The van der Waals surface area contributed by atoms with Crippen LogP contribution < -0.4 is 5.32 Å². The van der Waals surface area contributed by atoms with E-state index in [1.807, 2.05) is 0 Å². The van der Waals surface area contributed by atoms with Crippen molar-refractivity contribution in [2.45, 2.75) is 12.8 Å². The standard InChI is InChI=1S/C10H9ClF3NO/c11-3-1-2-9(16)15-8-5-6(12)4-7(13)10(8)14/h4-5H,1-3H2,(H,15,16). The number of anilines is 1. The molecule has 0 spiro atoms. The molecular weight excluding hydrogens is 243 g/mol. The van der Waals surface area contributed by atoms with E-state index in [9.17, 15) is 18.0 Å². The maximum absolute atomic E-state index is 13.1. The largest absolute Gasteiger partial charge is 0.323 e. The third-order valence-corrected chi connectivity index (χ3v) is 2.07. The molecule has 1 aromatic rings. The molecule has 0 heterocycles. The molecule has 0 fully saturated rings. The Balaban J connectivity index is 2.77. The molecule has 0 aliphatic rings. The van der Waals surface area contributed by atoms with E-state index in [0.29, 0.717) is 12.5 Å². The second kappa shape index (κ2) is 5.75. The van der Waals surface area contributed by atoms with Crippen LogP contribution in [0.2, 0.25) is 0 Å². The Labute approximate surface area is 95.4 Å². The van der Waals surface area contributed by atoms with Crippen molar-refractivity contribution in [3.8, 4) is 0 Å². The molecule has 0 aliphatic heterocycles. The summed E-state index contributed by atoms with van der Waals surface area (Å²) in [7, 11) is 0. The van der Waals surface area contributed by atoms with Gasteiger partial charge in [0.2, 0.25) is 5.91 Å². The SMILES string of the molecule is O=C(CCCCl)Nc1cc(F)cc(F)c1F. The van der Waals surface area contributed by atoms with Crippen LogP contribution in [0.15, 0.2) is 12.1 Å². The molecule has 0 saturated heterocycles. The molecule has 2 nitrogen and oxygen atoms in total. The summed E-state index contributed by atoms with van der Waals surface area (Å²) in [6.45, 7) is 0. The minimum absolute atomic E-state index is 0.0705. The van der Waals surface area contributed by atoms with E-state index in [4.69, 9.17) is 11.6 Å². The first-order valence-electron chi connectivity index (χ1n) is 4.55. The highest BCUT2D eigenvalue weighted by molar-refractivity contribution is 6.18. The smallest absolute Gasteiger partial charge is 0.224 e. The number of halogens is 4. The number of hydrogen-bond acceptors (Lipinski definition) is 1. The van der Waals surface area contributed by atoms with Crippen LogP contribution in [0.4, 0.5) is 18.9 Å². The Kier molecular flexibility index (Phi) is 4.61. The third-order valence-electron chi connectivity index (χ3n) is 1.80. The van der Waals surface area contributed by atoms with Crippen LogP contribution in [0.3, 0.4) is 0 Å². The fraction of sp³-hybridized carbons (Fsp3) is 0.300. The van der Waals surface area contributed by atoms with E-state index in [1.54, 1.807) is 0 Å². The predicted octanol–water partition coefficient (Wildman–Crippen LogP) is 3.06. The first-order valence-corrected chi connectivity index (χ1v) is 5.08. The van der Waals surface area contributed by atoms with Gasteiger partial charge >= 0.3 is 0 Å². The Morgan fingerprint density at radius 2 is 2.00 bits per heavy atom. The van der Waals surface area contributed by atoms with Crippen LogP contribution in [-0.4, -0.2) is 11.8 Å². The van der Waals surface area contributed by atoms with Crippen LogP contribution in [0, 0.1) is 17.5 Å². The lowest BCUT2D eigenvalue weighted by atomic mass is 10.2. The molecule has 0 atom stereocenters. The summed E-state index contributed by atoms with van der Waals surface area (Å²) in [4.78, 5) is 11.2. The Morgan fingerprint density at radius 3 is 2.62 bits per heavy atom. The van der Waals surface area contributed by atoms with Crippen molar-refractivity contribution in [1.29, 1.82) is 0 Å². The molecule has 0 aromatic heterocycles. The van der Waals surface area contributed by atoms with Gasteiger partial charge in [0.1, 0.15) is 5.82 Å². The van der Waals surface area contributed by atoms with E-state index in [-0.39, 0.29) is 12.3 Å². The highest BCUT2D eigenvalue weighted by Crippen LogP contribution is 2.19. The summed E-state index contributed by atoms with van der Waals surface area (Å²) in [6.07, 6.45) is 0.480. The number of carbonyl (C=O) groups is 1. The molecular formula is C10H9ClF3NO. The third kappa shape index (κ3) is 3.41. The fourth-order valence-corrected chi connectivity index (χ4v) is 1.22. The monoisotopic (exact) mass is 251 g/mol. The van der Waals surface area contributed by atoms with Crippen molar-refractivity contribution >= 4 is 23.2 Å². The van der Waals surface area contributed by atoms with Gasteiger partial charge in [0, 0.05) is 24.4 Å².